The lowest BCUT2D eigenvalue weighted by Gasteiger charge is -2.18. The van der Waals surface area contributed by atoms with Crippen LogP contribution in [0.4, 0.5) is 0 Å². The highest BCUT2D eigenvalue weighted by Gasteiger charge is 2.29. The van der Waals surface area contributed by atoms with Crippen LogP contribution < -0.4 is 5.32 Å². The maximum Gasteiger partial charge on any atom is 0.121 e. The molecule has 4 N–H and O–H groups in total. The molecule has 3 rings (SSSR count). The largest absolute Gasteiger partial charge is 0.508 e. The van der Waals surface area contributed by atoms with Crippen LogP contribution in [0.3, 0.4) is 0 Å². The van der Waals surface area contributed by atoms with Gasteiger partial charge in [0, 0.05) is 34.3 Å². The third-order valence-electron chi connectivity index (χ3n) is 4.80. The van der Waals surface area contributed by atoms with Crippen molar-refractivity contribution in [2.75, 3.05) is 13.1 Å². The normalized spacial score (nSPS) is 20.7. The van der Waals surface area contributed by atoms with Crippen LogP contribution in [0.5, 0.6) is 5.75 Å². The van der Waals surface area contributed by atoms with Gasteiger partial charge in [-0.3, -0.25) is 0 Å². The predicted octanol–water partition coefficient (Wildman–Crippen LogP) is 3.73. The fraction of sp³-hybridized carbons (Fsp3) is 0.400. The highest BCUT2D eigenvalue weighted by Crippen LogP contribution is 2.39. The summed E-state index contributed by atoms with van der Waals surface area (Å²) in [6, 6.07) is 10.2. The van der Waals surface area contributed by atoms with Crippen LogP contribution in [0.2, 0.25) is 10.0 Å². The third kappa shape index (κ3) is 4.93. The van der Waals surface area contributed by atoms with Gasteiger partial charge in [0.25, 0.3) is 0 Å². The van der Waals surface area contributed by atoms with Gasteiger partial charge in [0.2, 0.25) is 0 Å². The van der Waals surface area contributed by atoms with Crippen molar-refractivity contribution in [2.45, 2.75) is 37.8 Å². The van der Waals surface area contributed by atoms with Gasteiger partial charge in [-0.25, -0.2) is 0 Å². The molecule has 1 heterocycles. The number of nitrogens with one attached hydrogen (secondary N) is 1. The lowest BCUT2D eigenvalue weighted by molar-refractivity contribution is 0.0429. The van der Waals surface area contributed by atoms with Crippen LogP contribution in [0.1, 0.15) is 41.7 Å². The minimum Gasteiger partial charge on any atom is -0.508 e. The molecule has 0 amide bonds. The fourth-order valence-corrected chi connectivity index (χ4v) is 3.97. The van der Waals surface area contributed by atoms with Crippen LogP contribution >= 0.6 is 23.2 Å². The molecule has 1 fully saturated rings. The Hall–Kier alpha value is -1.34. The Morgan fingerprint density at radius 3 is 2.59 bits per heavy atom. The van der Waals surface area contributed by atoms with Crippen molar-refractivity contribution < 1.29 is 20.1 Å². The number of hydrogen-bond acceptors (Lipinski definition) is 5. The molecule has 1 saturated heterocycles. The number of aliphatic hydroxyl groups excluding tert-OH is 2. The van der Waals surface area contributed by atoms with Gasteiger partial charge >= 0.3 is 0 Å². The van der Waals surface area contributed by atoms with E-state index in [2.05, 4.69) is 5.32 Å². The Bertz CT molecular complexity index is 766. The predicted molar refractivity (Wildman–Crippen MR) is 105 cm³/mol. The van der Waals surface area contributed by atoms with E-state index in [0.717, 1.165) is 18.4 Å². The van der Waals surface area contributed by atoms with Gasteiger partial charge < -0.3 is 25.4 Å². The molecule has 3 unspecified atom stereocenters. The number of ether oxygens (including phenoxy) is 1. The van der Waals surface area contributed by atoms with Crippen molar-refractivity contribution in [1.29, 1.82) is 0 Å². The van der Waals surface area contributed by atoms with Crippen molar-refractivity contribution in [1.82, 2.24) is 5.32 Å². The summed E-state index contributed by atoms with van der Waals surface area (Å²) < 4.78 is 6.07. The molecular formula is C20H23Cl2NO4. The SMILES string of the molecule is OCc1cc(C(O)CNCC2CCC(c3c(Cl)cccc3Cl)O2)ccc1O. The summed E-state index contributed by atoms with van der Waals surface area (Å²) in [6.45, 7) is 0.662. The van der Waals surface area contributed by atoms with E-state index in [0.29, 0.717) is 34.3 Å². The van der Waals surface area contributed by atoms with Crippen molar-refractivity contribution in [3.63, 3.8) is 0 Å². The molecule has 1 aliphatic rings. The van der Waals surface area contributed by atoms with Crippen molar-refractivity contribution in [3.8, 4) is 5.75 Å². The van der Waals surface area contributed by atoms with Crippen LogP contribution in [0, 0.1) is 0 Å². The molecular weight excluding hydrogens is 389 g/mol. The van der Waals surface area contributed by atoms with Gasteiger partial charge in [-0.15, -0.1) is 0 Å². The number of aliphatic hydroxyl groups is 2. The summed E-state index contributed by atoms with van der Waals surface area (Å²) in [5.41, 5.74) is 1.87. The van der Waals surface area contributed by atoms with E-state index in [1.807, 2.05) is 18.2 Å². The van der Waals surface area contributed by atoms with E-state index in [9.17, 15) is 15.3 Å². The summed E-state index contributed by atoms with van der Waals surface area (Å²) in [7, 11) is 0. The van der Waals surface area contributed by atoms with Gasteiger partial charge in [0.15, 0.2) is 0 Å². The molecule has 146 valence electrons. The van der Waals surface area contributed by atoms with Gasteiger partial charge in [-0.2, -0.15) is 0 Å². The van der Waals surface area contributed by atoms with Crippen LogP contribution in [-0.2, 0) is 11.3 Å². The molecule has 0 spiro atoms. The smallest absolute Gasteiger partial charge is 0.121 e. The number of rotatable bonds is 7. The summed E-state index contributed by atoms with van der Waals surface area (Å²) in [5, 5.41) is 33.6. The van der Waals surface area contributed by atoms with Gasteiger partial charge in [-0.05, 0) is 42.7 Å². The molecule has 0 saturated carbocycles. The fourth-order valence-electron chi connectivity index (χ4n) is 3.32. The van der Waals surface area contributed by atoms with Crippen molar-refractivity contribution >= 4 is 23.2 Å². The average Bonchev–Trinajstić information content (AvgIpc) is 3.10. The number of halogens is 2. The molecule has 0 aromatic heterocycles. The number of hydrogen-bond donors (Lipinski definition) is 4. The highest BCUT2D eigenvalue weighted by molar-refractivity contribution is 6.36. The lowest BCUT2D eigenvalue weighted by Crippen LogP contribution is -2.30. The molecule has 2 aromatic rings. The Labute approximate surface area is 168 Å². The quantitative estimate of drug-likeness (QED) is 0.557. The van der Waals surface area contributed by atoms with E-state index < -0.39 is 6.10 Å². The second-order valence-corrected chi connectivity index (χ2v) is 7.49. The van der Waals surface area contributed by atoms with Gasteiger partial charge in [0.1, 0.15) is 5.75 Å². The zero-order valence-corrected chi connectivity index (χ0v) is 16.2. The van der Waals surface area contributed by atoms with E-state index >= 15 is 0 Å². The molecule has 7 heteroatoms. The summed E-state index contributed by atoms with van der Waals surface area (Å²) in [6.07, 6.45) is 0.875. The van der Waals surface area contributed by atoms with E-state index in [-0.39, 0.29) is 24.6 Å². The number of phenols is 1. The van der Waals surface area contributed by atoms with E-state index in [4.69, 9.17) is 27.9 Å². The number of aromatic hydroxyl groups is 1. The highest BCUT2D eigenvalue weighted by atomic mass is 35.5. The van der Waals surface area contributed by atoms with Crippen molar-refractivity contribution in [2.24, 2.45) is 0 Å². The second-order valence-electron chi connectivity index (χ2n) is 6.68. The van der Waals surface area contributed by atoms with Crippen LogP contribution in [0.25, 0.3) is 0 Å². The van der Waals surface area contributed by atoms with Crippen LogP contribution in [-0.4, -0.2) is 34.5 Å². The second kappa shape index (κ2) is 9.24. The standard InChI is InChI=1S/C20H23Cl2NO4/c21-15-2-1-3-16(22)20(15)19-7-5-14(27-19)9-23-10-18(26)12-4-6-17(25)13(8-12)11-24/h1-4,6,8,14,18-19,23-26H,5,7,9-11H2. The first-order valence-corrected chi connectivity index (χ1v) is 9.66. The maximum absolute atomic E-state index is 10.3. The summed E-state index contributed by atoms with van der Waals surface area (Å²) >= 11 is 12.5. The molecule has 3 atom stereocenters. The zero-order valence-electron chi connectivity index (χ0n) is 14.7. The maximum atomic E-state index is 10.3. The number of benzene rings is 2. The Balaban J connectivity index is 1.50. The molecule has 0 aliphatic carbocycles. The lowest BCUT2D eigenvalue weighted by atomic mass is 10.0. The Morgan fingerprint density at radius 2 is 1.89 bits per heavy atom. The van der Waals surface area contributed by atoms with Crippen molar-refractivity contribution in [3.05, 3.63) is 63.1 Å². The molecule has 27 heavy (non-hydrogen) atoms. The summed E-state index contributed by atoms with van der Waals surface area (Å²) in [5.74, 6) is 0.0186. The average molecular weight is 412 g/mol. The molecule has 0 bridgehead atoms. The summed E-state index contributed by atoms with van der Waals surface area (Å²) in [4.78, 5) is 0. The monoisotopic (exact) mass is 411 g/mol. The van der Waals surface area contributed by atoms with Gasteiger partial charge in [0.05, 0.1) is 24.9 Å². The minimum atomic E-state index is -0.744. The zero-order chi connectivity index (χ0) is 19.4. The Morgan fingerprint density at radius 1 is 1.15 bits per heavy atom. The molecule has 5 nitrogen and oxygen atoms in total. The van der Waals surface area contributed by atoms with E-state index in [1.54, 1.807) is 12.1 Å². The molecule has 0 radical (unpaired) electrons. The van der Waals surface area contributed by atoms with Gasteiger partial charge in [-0.1, -0.05) is 35.3 Å². The minimum absolute atomic E-state index is 0.0161. The molecule has 2 aromatic carbocycles. The Kier molecular flexibility index (Phi) is 6.98. The third-order valence-corrected chi connectivity index (χ3v) is 5.46. The molecule has 1 aliphatic heterocycles. The van der Waals surface area contributed by atoms with E-state index in [1.165, 1.54) is 6.07 Å². The van der Waals surface area contributed by atoms with Crippen LogP contribution in [0.15, 0.2) is 36.4 Å². The first-order valence-electron chi connectivity index (χ1n) is 8.90. The first-order chi connectivity index (χ1) is 13.0. The first kappa shape index (κ1) is 20.4. The topological polar surface area (TPSA) is 82.0 Å².